The molecule has 134 valence electrons. The van der Waals surface area contributed by atoms with Gasteiger partial charge in [-0.05, 0) is 56.4 Å². The molecule has 0 aromatic heterocycles. The number of amides is 1. The summed E-state index contributed by atoms with van der Waals surface area (Å²) in [6.07, 6.45) is 0. The number of likely N-dealkylation sites (N-methyl/N-ethyl adjacent to an activating group) is 1. The predicted molar refractivity (Wildman–Crippen MR) is 101 cm³/mol. The smallest absolute Gasteiger partial charge is 0.238 e. The summed E-state index contributed by atoms with van der Waals surface area (Å²) in [6, 6.07) is 12.8. The summed E-state index contributed by atoms with van der Waals surface area (Å²) < 4.78 is 10.7. The third-order valence-corrected chi connectivity index (χ3v) is 3.78. The minimum Gasteiger partial charge on any atom is -0.496 e. The van der Waals surface area contributed by atoms with Crippen LogP contribution in [0.25, 0.3) is 0 Å². The van der Waals surface area contributed by atoms with Gasteiger partial charge in [-0.25, -0.2) is 0 Å². The van der Waals surface area contributed by atoms with Crippen molar-refractivity contribution in [3.05, 3.63) is 53.1 Å². The highest BCUT2D eigenvalue weighted by atomic mass is 35.5. The Hall–Kier alpha value is -2.24. The second kappa shape index (κ2) is 9.30. The molecule has 2 aromatic carbocycles. The van der Waals surface area contributed by atoms with Crippen LogP contribution < -0.4 is 14.8 Å². The van der Waals surface area contributed by atoms with Gasteiger partial charge in [-0.2, -0.15) is 0 Å². The zero-order chi connectivity index (χ0) is 18.2. The van der Waals surface area contributed by atoms with Crippen LogP contribution in [0.5, 0.6) is 11.5 Å². The molecule has 0 heterocycles. The monoisotopic (exact) mass is 362 g/mol. The molecule has 0 atom stereocenters. The van der Waals surface area contributed by atoms with Gasteiger partial charge in [0.25, 0.3) is 0 Å². The van der Waals surface area contributed by atoms with Crippen molar-refractivity contribution >= 4 is 23.2 Å². The molecule has 25 heavy (non-hydrogen) atoms. The van der Waals surface area contributed by atoms with E-state index in [2.05, 4.69) is 5.32 Å². The molecular formula is C19H23ClN2O3. The van der Waals surface area contributed by atoms with E-state index in [4.69, 9.17) is 21.1 Å². The Morgan fingerprint density at radius 2 is 1.92 bits per heavy atom. The fourth-order valence-corrected chi connectivity index (χ4v) is 2.66. The van der Waals surface area contributed by atoms with Crippen LogP contribution in [-0.4, -0.2) is 38.1 Å². The average Bonchev–Trinajstić information content (AvgIpc) is 2.57. The maximum atomic E-state index is 12.2. The van der Waals surface area contributed by atoms with Gasteiger partial charge in [0, 0.05) is 22.8 Å². The van der Waals surface area contributed by atoms with Crippen molar-refractivity contribution in [2.24, 2.45) is 0 Å². The van der Waals surface area contributed by atoms with Crippen molar-refractivity contribution in [2.45, 2.75) is 13.5 Å². The highest BCUT2D eigenvalue weighted by Gasteiger charge is 2.11. The molecule has 5 nitrogen and oxygen atoms in total. The molecule has 1 amide bonds. The van der Waals surface area contributed by atoms with Crippen molar-refractivity contribution in [1.29, 1.82) is 0 Å². The summed E-state index contributed by atoms with van der Waals surface area (Å²) in [6.45, 7) is 3.35. The molecule has 0 aliphatic carbocycles. The van der Waals surface area contributed by atoms with E-state index in [0.29, 0.717) is 18.2 Å². The zero-order valence-electron chi connectivity index (χ0n) is 14.7. The molecule has 0 aliphatic rings. The number of hydrogen-bond acceptors (Lipinski definition) is 4. The van der Waals surface area contributed by atoms with Crippen LogP contribution in [0.15, 0.2) is 42.5 Å². The van der Waals surface area contributed by atoms with Gasteiger partial charge in [0.15, 0.2) is 0 Å². The molecule has 6 heteroatoms. The van der Waals surface area contributed by atoms with Gasteiger partial charge in [-0.1, -0.05) is 11.6 Å². The number of hydrogen-bond donors (Lipinski definition) is 1. The molecular weight excluding hydrogens is 340 g/mol. The normalized spacial score (nSPS) is 10.6. The Morgan fingerprint density at radius 1 is 1.20 bits per heavy atom. The van der Waals surface area contributed by atoms with Gasteiger partial charge in [0.05, 0.1) is 20.3 Å². The Kier molecular flexibility index (Phi) is 7.10. The van der Waals surface area contributed by atoms with Gasteiger partial charge in [-0.3, -0.25) is 9.69 Å². The number of ether oxygens (including phenoxy) is 2. The van der Waals surface area contributed by atoms with Crippen LogP contribution in [0.4, 0.5) is 5.69 Å². The van der Waals surface area contributed by atoms with Gasteiger partial charge < -0.3 is 14.8 Å². The summed E-state index contributed by atoms with van der Waals surface area (Å²) >= 11 is 6.04. The molecule has 0 saturated heterocycles. The third-order valence-electron chi connectivity index (χ3n) is 3.55. The molecule has 0 aliphatic heterocycles. The Bertz CT molecular complexity index is 704. The van der Waals surface area contributed by atoms with Crippen molar-refractivity contribution in [1.82, 2.24) is 4.90 Å². The van der Waals surface area contributed by atoms with Crippen molar-refractivity contribution in [3.8, 4) is 11.5 Å². The van der Waals surface area contributed by atoms with E-state index < -0.39 is 0 Å². The molecule has 0 bridgehead atoms. The van der Waals surface area contributed by atoms with E-state index in [-0.39, 0.29) is 12.5 Å². The molecule has 2 aromatic rings. The largest absolute Gasteiger partial charge is 0.496 e. The highest BCUT2D eigenvalue weighted by Crippen LogP contribution is 2.23. The number of methoxy groups -OCH3 is 1. The van der Waals surface area contributed by atoms with E-state index in [1.807, 2.05) is 55.3 Å². The van der Waals surface area contributed by atoms with Crippen LogP contribution in [0, 0.1) is 0 Å². The van der Waals surface area contributed by atoms with Gasteiger partial charge >= 0.3 is 0 Å². The number of anilines is 1. The number of nitrogens with zero attached hydrogens (tertiary/aromatic N) is 1. The summed E-state index contributed by atoms with van der Waals surface area (Å²) in [5.41, 5.74) is 1.67. The maximum Gasteiger partial charge on any atom is 0.238 e. The molecule has 1 N–H and O–H groups in total. The highest BCUT2D eigenvalue weighted by molar-refractivity contribution is 6.30. The zero-order valence-corrected chi connectivity index (χ0v) is 15.5. The Balaban J connectivity index is 1.90. The van der Waals surface area contributed by atoms with Crippen molar-refractivity contribution in [2.75, 3.05) is 32.6 Å². The van der Waals surface area contributed by atoms with Gasteiger partial charge in [0.1, 0.15) is 11.5 Å². The molecule has 0 saturated carbocycles. The fourth-order valence-electron chi connectivity index (χ4n) is 2.46. The first-order chi connectivity index (χ1) is 12.0. The van der Waals surface area contributed by atoms with Crippen LogP contribution in [0.2, 0.25) is 5.02 Å². The second-order valence-corrected chi connectivity index (χ2v) is 6.07. The number of benzene rings is 2. The number of carbonyl (C=O) groups excluding carboxylic acids is 1. The fraction of sp³-hybridized carbons (Fsp3) is 0.316. The second-order valence-electron chi connectivity index (χ2n) is 5.63. The number of carbonyl (C=O) groups is 1. The van der Waals surface area contributed by atoms with Crippen molar-refractivity contribution < 1.29 is 14.3 Å². The lowest BCUT2D eigenvalue weighted by Crippen LogP contribution is -2.30. The standard InChI is InChI=1S/C19H23ClN2O3/c1-4-25-17-8-6-16(7-9-17)21-19(23)13-22(2)12-14-11-15(20)5-10-18(14)24-3/h5-11H,4,12-13H2,1-3H3,(H,21,23). The first-order valence-electron chi connectivity index (χ1n) is 8.05. The van der Waals surface area contributed by atoms with E-state index in [9.17, 15) is 4.79 Å². The van der Waals surface area contributed by atoms with Crippen LogP contribution >= 0.6 is 11.6 Å². The van der Waals surface area contributed by atoms with Crippen LogP contribution in [-0.2, 0) is 11.3 Å². The van der Waals surface area contributed by atoms with Gasteiger partial charge in [-0.15, -0.1) is 0 Å². The lowest BCUT2D eigenvalue weighted by molar-refractivity contribution is -0.117. The SMILES string of the molecule is CCOc1ccc(NC(=O)CN(C)Cc2cc(Cl)ccc2OC)cc1. The van der Waals surface area contributed by atoms with E-state index in [0.717, 1.165) is 22.7 Å². The minimum absolute atomic E-state index is 0.0901. The lowest BCUT2D eigenvalue weighted by atomic mass is 10.2. The molecule has 0 fully saturated rings. The lowest BCUT2D eigenvalue weighted by Gasteiger charge is -2.18. The number of halogens is 1. The van der Waals surface area contributed by atoms with Crippen LogP contribution in [0.1, 0.15) is 12.5 Å². The van der Waals surface area contributed by atoms with Crippen LogP contribution in [0.3, 0.4) is 0 Å². The molecule has 0 radical (unpaired) electrons. The molecule has 0 unspecified atom stereocenters. The van der Waals surface area contributed by atoms with Crippen molar-refractivity contribution in [3.63, 3.8) is 0 Å². The number of rotatable bonds is 8. The quantitative estimate of drug-likeness (QED) is 0.775. The minimum atomic E-state index is -0.0901. The molecule has 2 rings (SSSR count). The Morgan fingerprint density at radius 3 is 2.56 bits per heavy atom. The summed E-state index contributed by atoms with van der Waals surface area (Å²) in [5.74, 6) is 1.45. The summed E-state index contributed by atoms with van der Waals surface area (Å²) in [7, 11) is 3.49. The van der Waals surface area contributed by atoms with E-state index in [1.54, 1.807) is 13.2 Å². The maximum absolute atomic E-state index is 12.2. The number of nitrogens with one attached hydrogen (secondary N) is 1. The first kappa shape index (κ1) is 19.1. The third kappa shape index (κ3) is 5.96. The average molecular weight is 363 g/mol. The van der Waals surface area contributed by atoms with Gasteiger partial charge in [0.2, 0.25) is 5.91 Å². The summed E-state index contributed by atoms with van der Waals surface area (Å²) in [5, 5.41) is 3.52. The summed E-state index contributed by atoms with van der Waals surface area (Å²) in [4.78, 5) is 14.1. The predicted octanol–water partition coefficient (Wildman–Crippen LogP) is 3.82. The Labute approximate surface area is 153 Å². The van der Waals surface area contributed by atoms with E-state index >= 15 is 0 Å². The first-order valence-corrected chi connectivity index (χ1v) is 8.43. The topological polar surface area (TPSA) is 50.8 Å². The van der Waals surface area contributed by atoms with E-state index in [1.165, 1.54) is 0 Å². The molecule has 0 spiro atoms.